The van der Waals surface area contributed by atoms with E-state index in [1.54, 1.807) is 0 Å². The quantitative estimate of drug-likeness (QED) is 0.843. The number of fused-ring (bicyclic) bond motifs is 1. The van der Waals surface area contributed by atoms with Gasteiger partial charge in [-0.15, -0.1) is 0 Å². The molecule has 1 aromatic rings. The SMILES string of the molecule is O=C(O)CC1CCCCN1S(=O)(=O)CCc1ccc2c(c1)CCO2. The van der Waals surface area contributed by atoms with E-state index in [-0.39, 0.29) is 12.2 Å². The molecule has 0 spiro atoms. The lowest BCUT2D eigenvalue weighted by atomic mass is 10.0. The summed E-state index contributed by atoms with van der Waals surface area (Å²) in [6.45, 7) is 1.11. The molecule has 132 valence electrons. The van der Waals surface area contributed by atoms with Gasteiger partial charge in [0.15, 0.2) is 0 Å². The summed E-state index contributed by atoms with van der Waals surface area (Å²) in [5, 5.41) is 9.01. The van der Waals surface area contributed by atoms with Gasteiger partial charge in [-0.05, 0) is 36.5 Å². The molecule has 6 nitrogen and oxygen atoms in total. The van der Waals surface area contributed by atoms with E-state index in [4.69, 9.17) is 9.84 Å². The van der Waals surface area contributed by atoms with Gasteiger partial charge >= 0.3 is 5.97 Å². The predicted molar refractivity (Wildman–Crippen MR) is 89.7 cm³/mol. The minimum Gasteiger partial charge on any atom is -0.493 e. The van der Waals surface area contributed by atoms with Gasteiger partial charge in [0.05, 0.1) is 18.8 Å². The first-order valence-corrected chi connectivity index (χ1v) is 10.0. The maximum absolute atomic E-state index is 12.7. The zero-order valence-corrected chi connectivity index (χ0v) is 14.4. The topological polar surface area (TPSA) is 83.9 Å². The van der Waals surface area contributed by atoms with Gasteiger partial charge in [0.25, 0.3) is 0 Å². The Bertz CT molecular complexity index is 716. The molecule has 1 unspecified atom stereocenters. The summed E-state index contributed by atoms with van der Waals surface area (Å²) in [4.78, 5) is 11.0. The normalized spacial score (nSPS) is 21.2. The lowest BCUT2D eigenvalue weighted by Crippen LogP contribution is -2.45. The van der Waals surface area contributed by atoms with Gasteiger partial charge in [-0.2, -0.15) is 4.31 Å². The fourth-order valence-corrected chi connectivity index (χ4v) is 5.27. The zero-order valence-electron chi connectivity index (χ0n) is 13.6. The van der Waals surface area contributed by atoms with E-state index in [0.29, 0.717) is 26.0 Å². The summed E-state index contributed by atoms with van der Waals surface area (Å²) in [5.41, 5.74) is 2.11. The van der Waals surface area contributed by atoms with Crippen LogP contribution in [0.1, 0.15) is 36.8 Å². The van der Waals surface area contributed by atoms with Crippen LogP contribution < -0.4 is 4.74 Å². The first kappa shape index (κ1) is 17.2. The second-order valence-electron chi connectivity index (χ2n) is 6.46. The molecule has 0 aromatic heterocycles. The number of nitrogens with zero attached hydrogens (tertiary/aromatic N) is 1. The molecule has 1 aromatic carbocycles. The van der Waals surface area contributed by atoms with E-state index >= 15 is 0 Å². The highest BCUT2D eigenvalue weighted by Crippen LogP contribution is 2.27. The Morgan fingerprint density at radius 1 is 1.33 bits per heavy atom. The number of benzene rings is 1. The van der Waals surface area contributed by atoms with Gasteiger partial charge in [-0.1, -0.05) is 18.6 Å². The molecule has 1 atom stereocenters. The Morgan fingerprint density at radius 2 is 2.17 bits per heavy atom. The average molecular weight is 353 g/mol. The van der Waals surface area contributed by atoms with Crippen molar-refractivity contribution in [1.29, 1.82) is 0 Å². The molecule has 2 aliphatic rings. The molecule has 1 fully saturated rings. The van der Waals surface area contributed by atoms with Gasteiger partial charge in [0.1, 0.15) is 5.75 Å². The van der Waals surface area contributed by atoms with Crippen LogP contribution in [0.3, 0.4) is 0 Å². The van der Waals surface area contributed by atoms with Crippen molar-refractivity contribution in [3.63, 3.8) is 0 Å². The molecule has 0 aliphatic carbocycles. The van der Waals surface area contributed by atoms with E-state index in [0.717, 1.165) is 36.1 Å². The van der Waals surface area contributed by atoms with E-state index in [1.165, 1.54) is 4.31 Å². The monoisotopic (exact) mass is 353 g/mol. The number of aryl methyl sites for hydroxylation is 1. The molecule has 1 saturated heterocycles. The van der Waals surface area contributed by atoms with Crippen molar-refractivity contribution in [2.45, 2.75) is 44.6 Å². The molecular formula is C17H23NO5S. The molecule has 7 heteroatoms. The standard InChI is InChI=1S/C17H23NO5S/c19-17(20)12-15-3-1-2-8-18(15)24(21,22)10-7-13-4-5-16-14(11-13)6-9-23-16/h4-5,11,15H,1-3,6-10,12H2,(H,19,20). The molecule has 3 rings (SSSR count). The Hall–Kier alpha value is -1.60. The van der Waals surface area contributed by atoms with E-state index in [2.05, 4.69) is 0 Å². The number of aliphatic carboxylic acids is 1. The number of carboxylic acid groups (broad SMARTS) is 1. The van der Waals surface area contributed by atoms with Gasteiger partial charge in [-0.25, -0.2) is 8.42 Å². The third-order valence-electron chi connectivity index (χ3n) is 4.74. The van der Waals surface area contributed by atoms with Gasteiger partial charge < -0.3 is 9.84 Å². The lowest BCUT2D eigenvalue weighted by molar-refractivity contribution is -0.138. The van der Waals surface area contributed by atoms with Crippen LogP contribution in [0.5, 0.6) is 5.75 Å². The summed E-state index contributed by atoms with van der Waals surface area (Å²) < 4.78 is 32.3. The van der Waals surface area contributed by atoms with Crippen LogP contribution >= 0.6 is 0 Å². The Labute approximate surface area is 142 Å². The molecule has 2 aliphatic heterocycles. The molecule has 0 amide bonds. The predicted octanol–water partition coefficient (Wildman–Crippen LogP) is 1.82. The van der Waals surface area contributed by atoms with Crippen molar-refractivity contribution in [2.75, 3.05) is 18.9 Å². The Kier molecular flexibility index (Phi) is 5.10. The fraction of sp³-hybridized carbons (Fsp3) is 0.588. The van der Waals surface area contributed by atoms with E-state index in [1.807, 2.05) is 18.2 Å². The number of ether oxygens (including phenoxy) is 1. The van der Waals surface area contributed by atoms with Crippen molar-refractivity contribution >= 4 is 16.0 Å². The lowest BCUT2D eigenvalue weighted by Gasteiger charge is -2.33. The second kappa shape index (κ2) is 7.11. The van der Waals surface area contributed by atoms with Crippen LogP contribution in [-0.4, -0.2) is 48.7 Å². The van der Waals surface area contributed by atoms with Crippen LogP contribution in [0.4, 0.5) is 0 Å². The average Bonchev–Trinajstić information content (AvgIpc) is 3.00. The number of piperidine rings is 1. The van der Waals surface area contributed by atoms with Crippen LogP contribution in [-0.2, 0) is 27.7 Å². The van der Waals surface area contributed by atoms with Crippen molar-refractivity contribution < 1.29 is 23.1 Å². The zero-order chi connectivity index (χ0) is 17.2. The highest BCUT2D eigenvalue weighted by Gasteiger charge is 2.33. The van der Waals surface area contributed by atoms with Crippen molar-refractivity contribution in [3.8, 4) is 5.75 Å². The molecule has 24 heavy (non-hydrogen) atoms. The van der Waals surface area contributed by atoms with Crippen molar-refractivity contribution in [2.24, 2.45) is 0 Å². The molecular weight excluding hydrogens is 330 g/mol. The van der Waals surface area contributed by atoms with Gasteiger partial charge in [0, 0.05) is 19.0 Å². The highest BCUT2D eigenvalue weighted by atomic mass is 32.2. The number of carboxylic acids is 1. The number of sulfonamides is 1. The van der Waals surface area contributed by atoms with E-state index < -0.39 is 22.0 Å². The highest BCUT2D eigenvalue weighted by molar-refractivity contribution is 7.89. The third-order valence-corrected chi connectivity index (χ3v) is 6.66. The minimum atomic E-state index is -3.45. The molecule has 2 heterocycles. The van der Waals surface area contributed by atoms with Crippen LogP contribution in [0, 0.1) is 0 Å². The summed E-state index contributed by atoms with van der Waals surface area (Å²) in [7, 11) is -3.45. The first-order valence-electron chi connectivity index (χ1n) is 8.41. The van der Waals surface area contributed by atoms with E-state index in [9.17, 15) is 13.2 Å². The molecule has 1 N–H and O–H groups in total. The minimum absolute atomic E-state index is 0.0166. The van der Waals surface area contributed by atoms with Crippen LogP contribution in [0.15, 0.2) is 18.2 Å². The Morgan fingerprint density at radius 3 is 2.96 bits per heavy atom. The van der Waals surface area contributed by atoms with Crippen LogP contribution in [0.25, 0.3) is 0 Å². The van der Waals surface area contributed by atoms with Crippen molar-refractivity contribution in [1.82, 2.24) is 4.31 Å². The first-order chi connectivity index (χ1) is 11.5. The largest absolute Gasteiger partial charge is 0.493 e. The smallest absolute Gasteiger partial charge is 0.304 e. The summed E-state index contributed by atoms with van der Waals surface area (Å²) in [6, 6.07) is 5.42. The summed E-state index contributed by atoms with van der Waals surface area (Å²) in [6.07, 6.45) is 3.49. The fourth-order valence-electron chi connectivity index (χ4n) is 3.51. The number of carbonyl (C=O) groups is 1. The number of rotatable bonds is 6. The maximum atomic E-state index is 12.7. The Balaban J connectivity index is 1.67. The second-order valence-corrected chi connectivity index (χ2v) is 8.51. The van der Waals surface area contributed by atoms with Gasteiger partial charge in [-0.3, -0.25) is 4.79 Å². The van der Waals surface area contributed by atoms with Crippen LogP contribution in [0.2, 0.25) is 0 Å². The summed E-state index contributed by atoms with van der Waals surface area (Å²) >= 11 is 0. The van der Waals surface area contributed by atoms with Gasteiger partial charge in [0.2, 0.25) is 10.0 Å². The molecule has 0 bridgehead atoms. The third kappa shape index (κ3) is 3.89. The van der Waals surface area contributed by atoms with Crippen molar-refractivity contribution in [3.05, 3.63) is 29.3 Å². The summed E-state index contributed by atoms with van der Waals surface area (Å²) in [5.74, 6) is -0.0390. The number of hydrogen-bond acceptors (Lipinski definition) is 4. The number of hydrogen-bond donors (Lipinski definition) is 1. The molecule has 0 saturated carbocycles. The maximum Gasteiger partial charge on any atom is 0.304 e. The molecule has 0 radical (unpaired) electrons.